The van der Waals surface area contributed by atoms with Crippen LogP contribution in [0.1, 0.15) is 93.0 Å². The molecule has 2 saturated carbocycles. The van der Waals surface area contributed by atoms with Crippen molar-refractivity contribution in [2.75, 3.05) is 13.6 Å². The zero-order chi connectivity index (χ0) is 24.6. The molecule has 1 unspecified atom stereocenters. The third-order valence-corrected chi connectivity index (χ3v) is 9.04. The summed E-state index contributed by atoms with van der Waals surface area (Å²) >= 11 is 0. The Balaban J connectivity index is 1.27. The quantitative estimate of drug-likeness (QED) is 0.622. The van der Waals surface area contributed by atoms with E-state index in [-0.39, 0.29) is 17.4 Å². The molecule has 2 amide bonds. The van der Waals surface area contributed by atoms with Gasteiger partial charge in [-0.15, -0.1) is 0 Å². The number of hydrogen-bond acceptors (Lipinski definition) is 5. The minimum atomic E-state index is -0.740. The van der Waals surface area contributed by atoms with E-state index in [0.29, 0.717) is 28.9 Å². The van der Waals surface area contributed by atoms with Gasteiger partial charge in [0.05, 0.1) is 17.2 Å². The Kier molecular flexibility index (Phi) is 6.33. The van der Waals surface area contributed by atoms with Gasteiger partial charge in [-0.25, -0.2) is 4.99 Å². The number of guanidine groups is 1. The van der Waals surface area contributed by atoms with Gasteiger partial charge in [0, 0.05) is 19.2 Å². The summed E-state index contributed by atoms with van der Waals surface area (Å²) in [4.78, 5) is 34.9. The second-order valence-electron chi connectivity index (χ2n) is 11.4. The molecule has 4 aliphatic rings. The van der Waals surface area contributed by atoms with Gasteiger partial charge in [0.1, 0.15) is 5.54 Å². The number of aliphatic imine (C=N–C) groups is 1. The van der Waals surface area contributed by atoms with Crippen LogP contribution in [-0.2, 0) is 4.79 Å². The van der Waals surface area contributed by atoms with Crippen molar-refractivity contribution in [3.8, 4) is 6.07 Å². The lowest BCUT2D eigenvalue weighted by Crippen LogP contribution is -2.44. The Morgan fingerprint density at radius 2 is 1.86 bits per heavy atom. The van der Waals surface area contributed by atoms with Gasteiger partial charge >= 0.3 is 0 Å². The number of hydrogen-bond donors (Lipinski definition) is 1. The molecule has 1 aromatic carbocycles. The highest BCUT2D eigenvalue weighted by atomic mass is 16.2. The molecule has 0 radical (unpaired) electrons. The van der Waals surface area contributed by atoms with E-state index in [4.69, 9.17) is 16.0 Å². The van der Waals surface area contributed by atoms with Gasteiger partial charge < -0.3 is 10.6 Å². The van der Waals surface area contributed by atoms with Gasteiger partial charge in [0.15, 0.2) is 5.96 Å². The van der Waals surface area contributed by atoms with Crippen molar-refractivity contribution < 1.29 is 9.59 Å². The second kappa shape index (κ2) is 9.29. The fourth-order valence-corrected chi connectivity index (χ4v) is 6.97. The minimum absolute atomic E-state index is 0.0427. The van der Waals surface area contributed by atoms with Crippen molar-refractivity contribution in [1.29, 1.82) is 5.26 Å². The van der Waals surface area contributed by atoms with E-state index in [1.807, 2.05) is 4.90 Å². The van der Waals surface area contributed by atoms with E-state index < -0.39 is 5.54 Å². The van der Waals surface area contributed by atoms with Crippen LogP contribution in [0, 0.1) is 23.2 Å². The largest absolute Gasteiger partial charge is 0.369 e. The molecule has 1 aromatic rings. The summed E-state index contributed by atoms with van der Waals surface area (Å²) in [5.74, 6) is 1.47. The fraction of sp³-hybridized carbons (Fsp3) is 0.643. The standard InChI is InChI=1S/C28H37N5O2/c1-32-25(35)28(31-26(32)30,15-13-20-6-3-2-4-7-20)17-22-8-5-14-27(16-22)19-33(27)24(34)23-11-9-21(18-29)10-12-23/h9-12,20,22H,2-8,13-17,19H2,1H3,(H2,30,31)/t22-,27?,28+,33?/m0/s1. The highest BCUT2D eigenvalue weighted by Crippen LogP contribution is 2.50. The average molecular weight is 476 g/mol. The lowest BCUT2D eigenvalue weighted by atomic mass is 9.72. The molecule has 0 bridgehead atoms. The highest BCUT2D eigenvalue weighted by molar-refractivity contribution is 6.06. The van der Waals surface area contributed by atoms with Crippen molar-refractivity contribution in [2.24, 2.45) is 22.6 Å². The summed E-state index contributed by atoms with van der Waals surface area (Å²) in [5, 5.41) is 9.03. The van der Waals surface area contributed by atoms with Gasteiger partial charge in [-0.2, -0.15) is 5.26 Å². The first-order valence-corrected chi connectivity index (χ1v) is 13.3. The number of carbonyl (C=O) groups is 2. The Morgan fingerprint density at radius 3 is 2.51 bits per heavy atom. The van der Waals surface area contributed by atoms with Crippen molar-refractivity contribution in [3.63, 3.8) is 0 Å². The van der Waals surface area contributed by atoms with Crippen molar-refractivity contribution in [1.82, 2.24) is 9.80 Å². The maximum Gasteiger partial charge on any atom is 0.257 e. The molecule has 5 rings (SSSR count). The average Bonchev–Trinajstić information content (AvgIpc) is 3.52. The summed E-state index contributed by atoms with van der Waals surface area (Å²) in [6, 6.07) is 9.00. The molecule has 0 aromatic heterocycles. The Morgan fingerprint density at radius 1 is 1.14 bits per heavy atom. The Labute approximate surface area is 208 Å². The molecular weight excluding hydrogens is 438 g/mol. The lowest BCUT2D eigenvalue weighted by molar-refractivity contribution is -0.131. The van der Waals surface area contributed by atoms with Gasteiger partial charge in [0.2, 0.25) is 0 Å². The number of carbonyl (C=O) groups excluding carboxylic acids is 2. The van der Waals surface area contributed by atoms with Crippen LogP contribution in [0.5, 0.6) is 0 Å². The molecule has 3 atom stereocenters. The van der Waals surface area contributed by atoms with Crippen LogP contribution >= 0.6 is 0 Å². The summed E-state index contributed by atoms with van der Waals surface area (Å²) in [7, 11) is 1.74. The number of nitrogens with zero attached hydrogens (tertiary/aromatic N) is 4. The molecule has 1 saturated heterocycles. The molecule has 2 aliphatic heterocycles. The van der Waals surface area contributed by atoms with E-state index in [9.17, 15) is 9.59 Å². The monoisotopic (exact) mass is 475 g/mol. The fourth-order valence-electron chi connectivity index (χ4n) is 6.97. The van der Waals surface area contributed by atoms with Crippen LogP contribution in [0.4, 0.5) is 0 Å². The molecule has 2 heterocycles. The van der Waals surface area contributed by atoms with Crippen LogP contribution < -0.4 is 5.73 Å². The summed E-state index contributed by atoms with van der Waals surface area (Å²) in [5.41, 5.74) is 6.51. The summed E-state index contributed by atoms with van der Waals surface area (Å²) < 4.78 is 0. The number of amides is 2. The molecule has 7 nitrogen and oxygen atoms in total. The molecule has 3 fully saturated rings. The van der Waals surface area contributed by atoms with Gasteiger partial charge in [0.25, 0.3) is 11.8 Å². The number of benzene rings is 1. The van der Waals surface area contributed by atoms with E-state index in [2.05, 4.69) is 6.07 Å². The van der Waals surface area contributed by atoms with Gasteiger partial charge in [-0.3, -0.25) is 14.5 Å². The third-order valence-electron chi connectivity index (χ3n) is 9.04. The number of nitrogens with two attached hydrogens (primary N) is 1. The zero-order valence-corrected chi connectivity index (χ0v) is 20.8. The minimum Gasteiger partial charge on any atom is -0.369 e. The van der Waals surface area contributed by atoms with Gasteiger partial charge in [-0.1, -0.05) is 44.9 Å². The van der Waals surface area contributed by atoms with E-state index in [1.165, 1.54) is 37.0 Å². The number of nitriles is 1. The lowest BCUT2D eigenvalue weighted by Gasteiger charge is -2.35. The molecule has 186 valence electrons. The van der Waals surface area contributed by atoms with Crippen LogP contribution in [0.15, 0.2) is 29.3 Å². The highest BCUT2D eigenvalue weighted by Gasteiger charge is 2.58. The van der Waals surface area contributed by atoms with Crippen LogP contribution in [-0.4, -0.2) is 52.2 Å². The number of likely N-dealkylation sites (N-methyl/N-ethyl adjacent to an activating group) is 1. The summed E-state index contributed by atoms with van der Waals surface area (Å²) in [6.45, 7) is 0.774. The first-order chi connectivity index (χ1) is 16.9. The maximum absolute atomic E-state index is 13.4. The predicted octanol–water partition coefficient (Wildman–Crippen LogP) is 4.22. The van der Waals surface area contributed by atoms with E-state index in [1.54, 1.807) is 31.3 Å². The Bertz CT molecular complexity index is 1050. The first-order valence-electron chi connectivity index (χ1n) is 13.3. The van der Waals surface area contributed by atoms with E-state index in [0.717, 1.165) is 51.5 Å². The van der Waals surface area contributed by atoms with E-state index >= 15 is 0 Å². The molecule has 35 heavy (non-hydrogen) atoms. The summed E-state index contributed by atoms with van der Waals surface area (Å²) in [6.07, 6.45) is 13.1. The van der Waals surface area contributed by atoms with Crippen molar-refractivity contribution in [2.45, 2.75) is 88.1 Å². The topological polar surface area (TPSA) is 103 Å². The van der Waals surface area contributed by atoms with Crippen molar-refractivity contribution >= 4 is 17.8 Å². The Hall–Kier alpha value is -2.88. The molecular formula is C28H37N5O2. The molecule has 2 aliphatic carbocycles. The number of rotatable bonds is 6. The second-order valence-corrected chi connectivity index (χ2v) is 11.4. The van der Waals surface area contributed by atoms with Crippen LogP contribution in [0.25, 0.3) is 0 Å². The molecule has 1 spiro atoms. The molecule has 7 heteroatoms. The molecule has 2 N–H and O–H groups in total. The normalized spacial score (nSPS) is 30.9. The third kappa shape index (κ3) is 4.55. The van der Waals surface area contributed by atoms with Crippen LogP contribution in [0.2, 0.25) is 0 Å². The maximum atomic E-state index is 13.4. The smallest absolute Gasteiger partial charge is 0.257 e. The van der Waals surface area contributed by atoms with Crippen molar-refractivity contribution in [3.05, 3.63) is 35.4 Å². The van der Waals surface area contributed by atoms with Crippen LogP contribution in [0.3, 0.4) is 0 Å². The van der Waals surface area contributed by atoms with Gasteiger partial charge in [-0.05, 0) is 68.2 Å². The zero-order valence-electron chi connectivity index (χ0n) is 20.8. The predicted molar refractivity (Wildman–Crippen MR) is 134 cm³/mol. The first kappa shape index (κ1) is 23.8. The SMILES string of the molecule is CN1C(=O)[C@@](CCC2CCCCC2)(C[C@H]2CCCC3(C2)CN3C(=O)c2ccc(C#N)cc2)N=C1N.